The number of hydrogen-bond donors (Lipinski definition) is 2. The molecule has 1 fully saturated rings. The lowest BCUT2D eigenvalue weighted by molar-refractivity contribution is 0.528. The number of hydrogen-bond acceptors (Lipinski definition) is 5. The second-order valence-electron chi connectivity index (χ2n) is 4.43. The maximum Gasteiger partial charge on any atom is 0.214 e. The quantitative estimate of drug-likeness (QED) is 0.682. The van der Waals surface area contributed by atoms with Crippen LogP contribution >= 0.6 is 0 Å². The number of nitrogens with one attached hydrogen (secondary N) is 2. The summed E-state index contributed by atoms with van der Waals surface area (Å²) in [6, 6.07) is 0.0529. The van der Waals surface area contributed by atoms with Crippen molar-refractivity contribution in [1.29, 1.82) is 0 Å². The van der Waals surface area contributed by atoms with E-state index in [4.69, 9.17) is 0 Å². The van der Waals surface area contributed by atoms with E-state index in [9.17, 15) is 16.8 Å². The summed E-state index contributed by atoms with van der Waals surface area (Å²) in [5.74, 6) is -0.0552. The van der Waals surface area contributed by atoms with Crippen LogP contribution in [0.3, 0.4) is 0 Å². The van der Waals surface area contributed by atoms with Crippen LogP contribution in [0.1, 0.15) is 19.8 Å². The fraction of sp³-hybridized carbons (Fsp3) is 1.00. The fourth-order valence-corrected chi connectivity index (χ4v) is 5.00. The van der Waals surface area contributed by atoms with Crippen molar-refractivity contribution in [2.24, 2.45) is 0 Å². The van der Waals surface area contributed by atoms with Gasteiger partial charge in [0.25, 0.3) is 0 Å². The maximum absolute atomic E-state index is 11.9. The van der Waals surface area contributed by atoms with Gasteiger partial charge in [-0.05, 0) is 26.8 Å². The molecule has 0 bridgehead atoms. The van der Waals surface area contributed by atoms with Crippen molar-refractivity contribution in [1.82, 2.24) is 10.0 Å². The minimum absolute atomic E-state index is 0.0276. The molecule has 0 spiro atoms. The summed E-state index contributed by atoms with van der Waals surface area (Å²) in [4.78, 5) is 0. The van der Waals surface area contributed by atoms with Gasteiger partial charge in [-0.3, -0.25) is 0 Å². The molecule has 8 heteroatoms. The highest BCUT2D eigenvalue weighted by atomic mass is 32.2. The fourth-order valence-electron chi connectivity index (χ4n) is 1.64. The highest BCUT2D eigenvalue weighted by Crippen LogP contribution is 2.18. The first-order chi connectivity index (χ1) is 7.77. The summed E-state index contributed by atoms with van der Waals surface area (Å²) in [6.45, 7) is 2.19. The molecule has 0 aliphatic carbocycles. The smallest absolute Gasteiger partial charge is 0.214 e. The van der Waals surface area contributed by atoms with Gasteiger partial charge in [0.15, 0.2) is 0 Å². The predicted octanol–water partition coefficient (Wildman–Crippen LogP) is -0.909. The number of likely N-dealkylation sites (N-methyl/N-ethyl adjacent to an activating group) is 1. The Kier molecular flexibility index (Phi) is 4.94. The van der Waals surface area contributed by atoms with E-state index < -0.39 is 25.1 Å². The van der Waals surface area contributed by atoms with Crippen LogP contribution in [-0.2, 0) is 19.9 Å². The number of rotatable bonds is 5. The molecule has 1 saturated heterocycles. The normalized spacial score (nSPS) is 23.4. The first-order valence-electron chi connectivity index (χ1n) is 5.63. The second-order valence-corrected chi connectivity index (χ2v) is 8.78. The summed E-state index contributed by atoms with van der Waals surface area (Å²) >= 11 is 0. The van der Waals surface area contributed by atoms with Gasteiger partial charge in [0.05, 0.1) is 16.8 Å². The van der Waals surface area contributed by atoms with E-state index in [1.807, 2.05) is 6.92 Å². The van der Waals surface area contributed by atoms with Crippen LogP contribution in [0, 0.1) is 0 Å². The van der Waals surface area contributed by atoms with Gasteiger partial charge in [0, 0.05) is 12.6 Å². The van der Waals surface area contributed by atoms with Gasteiger partial charge in [0.1, 0.15) is 9.84 Å². The van der Waals surface area contributed by atoms with Crippen molar-refractivity contribution >= 4 is 19.9 Å². The van der Waals surface area contributed by atoms with Crippen LogP contribution in [0.2, 0.25) is 0 Å². The Morgan fingerprint density at radius 2 is 1.82 bits per heavy atom. The zero-order chi connectivity index (χ0) is 13.1. The van der Waals surface area contributed by atoms with Gasteiger partial charge in [0.2, 0.25) is 10.0 Å². The van der Waals surface area contributed by atoms with E-state index >= 15 is 0 Å². The van der Waals surface area contributed by atoms with Crippen LogP contribution in [-0.4, -0.2) is 53.2 Å². The summed E-state index contributed by atoms with van der Waals surface area (Å²) in [5.41, 5.74) is 0. The highest BCUT2D eigenvalue weighted by molar-refractivity contribution is 7.92. The maximum atomic E-state index is 11.9. The monoisotopic (exact) mass is 284 g/mol. The zero-order valence-corrected chi connectivity index (χ0v) is 11.8. The average molecular weight is 284 g/mol. The molecule has 0 aromatic carbocycles. The highest BCUT2D eigenvalue weighted by Gasteiger charge is 2.32. The van der Waals surface area contributed by atoms with E-state index in [-0.39, 0.29) is 30.4 Å². The third-order valence-corrected chi connectivity index (χ3v) is 6.66. The van der Waals surface area contributed by atoms with Crippen molar-refractivity contribution in [2.75, 3.05) is 25.1 Å². The summed E-state index contributed by atoms with van der Waals surface area (Å²) in [6.07, 6.45) is 0.400. The molecule has 2 N–H and O–H groups in total. The van der Waals surface area contributed by atoms with Crippen LogP contribution in [0.5, 0.6) is 0 Å². The molecule has 0 saturated carbocycles. The first-order valence-corrected chi connectivity index (χ1v) is 9.00. The third-order valence-electron chi connectivity index (χ3n) is 3.02. The molecule has 1 atom stereocenters. The predicted molar refractivity (Wildman–Crippen MR) is 67.1 cm³/mol. The first kappa shape index (κ1) is 14.9. The van der Waals surface area contributed by atoms with E-state index in [1.165, 1.54) is 0 Å². The molecule has 1 rings (SSSR count). The van der Waals surface area contributed by atoms with E-state index in [2.05, 4.69) is 10.0 Å². The van der Waals surface area contributed by atoms with Crippen molar-refractivity contribution in [3.8, 4) is 0 Å². The Balaban J connectivity index is 2.55. The van der Waals surface area contributed by atoms with Crippen molar-refractivity contribution in [3.05, 3.63) is 0 Å². The van der Waals surface area contributed by atoms with Gasteiger partial charge in [-0.2, -0.15) is 0 Å². The lowest BCUT2D eigenvalue weighted by atomic mass is 10.2. The number of sulfone groups is 1. The molecule has 1 heterocycles. The Morgan fingerprint density at radius 1 is 1.29 bits per heavy atom. The molecular weight excluding hydrogens is 264 g/mol. The minimum atomic E-state index is -3.39. The molecule has 1 aliphatic heterocycles. The summed E-state index contributed by atoms with van der Waals surface area (Å²) < 4.78 is 48.7. The summed E-state index contributed by atoms with van der Waals surface area (Å²) in [7, 11) is -4.65. The minimum Gasteiger partial charge on any atom is -0.316 e. The average Bonchev–Trinajstić information content (AvgIpc) is 2.25. The third kappa shape index (κ3) is 4.53. The Bertz CT molecular complexity index is 430. The molecule has 0 aromatic heterocycles. The molecule has 1 aliphatic rings. The van der Waals surface area contributed by atoms with Crippen molar-refractivity contribution in [3.63, 3.8) is 0 Å². The van der Waals surface area contributed by atoms with Gasteiger partial charge in [-0.15, -0.1) is 0 Å². The van der Waals surface area contributed by atoms with Crippen molar-refractivity contribution < 1.29 is 16.8 Å². The second kappa shape index (κ2) is 5.64. The topological polar surface area (TPSA) is 92.3 Å². The largest absolute Gasteiger partial charge is 0.316 e. The lowest BCUT2D eigenvalue weighted by Crippen LogP contribution is -2.44. The van der Waals surface area contributed by atoms with Crippen LogP contribution in [0.25, 0.3) is 0 Å². The van der Waals surface area contributed by atoms with Gasteiger partial charge >= 0.3 is 0 Å². The molecule has 6 nitrogen and oxygen atoms in total. The molecule has 17 heavy (non-hydrogen) atoms. The van der Waals surface area contributed by atoms with E-state index in [0.717, 1.165) is 0 Å². The number of sulfonamides is 1. The molecule has 0 radical (unpaired) electrons. The molecule has 102 valence electrons. The zero-order valence-electron chi connectivity index (χ0n) is 10.1. The molecule has 0 amide bonds. The molecular formula is C9H20N2O4S2. The molecule has 0 aromatic rings. The molecule has 1 unspecified atom stereocenters. The van der Waals surface area contributed by atoms with E-state index in [0.29, 0.717) is 6.54 Å². The summed E-state index contributed by atoms with van der Waals surface area (Å²) in [5, 5.41) is 2.36. The standard InChI is InChI=1S/C9H20N2O4S2/c1-8(10-2)7-11-17(14,15)9-3-5-16(12,13)6-4-9/h8-11H,3-7H2,1-2H3. The Hall–Kier alpha value is -0.180. The Labute approximate surface area is 103 Å². The van der Waals surface area contributed by atoms with Crippen molar-refractivity contribution in [2.45, 2.75) is 31.1 Å². The van der Waals surface area contributed by atoms with Crippen LogP contribution in [0.4, 0.5) is 0 Å². The lowest BCUT2D eigenvalue weighted by Gasteiger charge is -2.23. The van der Waals surface area contributed by atoms with Gasteiger partial charge in [-0.1, -0.05) is 0 Å². The SMILES string of the molecule is CNC(C)CNS(=O)(=O)C1CCS(=O)(=O)CC1. The van der Waals surface area contributed by atoms with Crippen LogP contribution in [0.15, 0.2) is 0 Å². The van der Waals surface area contributed by atoms with Crippen LogP contribution < -0.4 is 10.0 Å². The Morgan fingerprint density at radius 3 is 2.29 bits per heavy atom. The van der Waals surface area contributed by atoms with E-state index in [1.54, 1.807) is 7.05 Å². The van der Waals surface area contributed by atoms with Gasteiger partial charge < -0.3 is 5.32 Å². The van der Waals surface area contributed by atoms with Gasteiger partial charge in [-0.25, -0.2) is 21.6 Å².